The van der Waals surface area contributed by atoms with E-state index in [4.69, 9.17) is 0 Å². The lowest BCUT2D eigenvalue weighted by atomic mass is 9.75. The lowest BCUT2D eigenvalue weighted by molar-refractivity contribution is -0.150. The van der Waals surface area contributed by atoms with Crippen molar-refractivity contribution in [3.63, 3.8) is 0 Å². The maximum absolute atomic E-state index is 13.3. The Kier molecular flexibility index (Phi) is 4.21. The number of carbonyl (C=O) groups is 1. The molecule has 0 aromatic heterocycles. The van der Waals surface area contributed by atoms with Gasteiger partial charge in [0, 0.05) is 5.71 Å². The lowest BCUT2D eigenvalue weighted by Gasteiger charge is -2.31. The Hall–Kier alpha value is -1.71. The fraction of sp³-hybridized carbons (Fsp3) is 0.500. The van der Waals surface area contributed by atoms with Crippen LogP contribution in [0, 0.1) is 11.2 Å². The zero-order chi connectivity index (χ0) is 14.8. The highest BCUT2D eigenvalue weighted by Crippen LogP contribution is 2.39. The van der Waals surface area contributed by atoms with Gasteiger partial charge in [-0.1, -0.05) is 26.0 Å². The molecule has 3 nitrogen and oxygen atoms in total. The summed E-state index contributed by atoms with van der Waals surface area (Å²) in [5, 5.41) is 9.56. The molecule has 0 aliphatic carbocycles. The number of benzene rings is 1. The van der Waals surface area contributed by atoms with Crippen molar-refractivity contribution >= 4 is 11.7 Å². The SMILES string of the molecule is CCC(CC)(C(=O)O)[C@H]1CCC(c2cccc(F)c2)=N1. The summed E-state index contributed by atoms with van der Waals surface area (Å²) in [4.78, 5) is 16.2. The molecule has 0 fully saturated rings. The maximum Gasteiger partial charge on any atom is 0.311 e. The van der Waals surface area contributed by atoms with Gasteiger partial charge in [-0.25, -0.2) is 4.39 Å². The van der Waals surface area contributed by atoms with Gasteiger partial charge < -0.3 is 5.11 Å². The molecule has 1 aromatic carbocycles. The van der Waals surface area contributed by atoms with Crippen molar-refractivity contribution in [3.05, 3.63) is 35.6 Å². The molecule has 1 aliphatic heterocycles. The van der Waals surface area contributed by atoms with E-state index in [0.717, 1.165) is 17.7 Å². The van der Waals surface area contributed by atoms with Crippen molar-refractivity contribution in [1.82, 2.24) is 0 Å². The molecule has 1 N–H and O–H groups in total. The summed E-state index contributed by atoms with van der Waals surface area (Å²) in [5.41, 5.74) is 0.788. The molecule has 0 amide bonds. The molecule has 1 aromatic rings. The van der Waals surface area contributed by atoms with Crippen molar-refractivity contribution in [1.29, 1.82) is 0 Å². The third-order valence-electron chi connectivity index (χ3n) is 4.45. The van der Waals surface area contributed by atoms with Crippen molar-refractivity contribution in [2.75, 3.05) is 0 Å². The summed E-state index contributed by atoms with van der Waals surface area (Å²) in [6.07, 6.45) is 2.55. The molecule has 108 valence electrons. The van der Waals surface area contributed by atoms with Crippen LogP contribution in [-0.2, 0) is 4.79 Å². The molecular formula is C16H20FNO2. The van der Waals surface area contributed by atoms with Crippen LogP contribution in [0.25, 0.3) is 0 Å². The molecule has 0 saturated carbocycles. The molecule has 2 rings (SSSR count). The number of nitrogens with zero attached hydrogens (tertiary/aromatic N) is 1. The molecule has 0 unspecified atom stereocenters. The second-order valence-electron chi connectivity index (χ2n) is 5.31. The molecule has 0 bridgehead atoms. The molecule has 20 heavy (non-hydrogen) atoms. The first-order chi connectivity index (χ1) is 9.53. The minimum atomic E-state index is -0.797. The predicted molar refractivity (Wildman–Crippen MR) is 76.6 cm³/mol. The Bertz CT molecular complexity index is 535. The molecular weight excluding hydrogens is 257 g/mol. The number of halogens is 1. The van der Waals surface area contributed by atoms with E-state index in [1.807, 2.05) is 19.9 Å². The van der Waals surface area contributed by atoms with Gasteiger partial charge in [0.25, 0.3) is 0 Å². The van der Waals surface area contributed by atoms with Crippen molar-refractivity contribution < 1.29 is 14.3 Å². The fourth-order valence-corrected chi connectivity index (χ4v) is 3.04. The predicted octanol–water partition coefficient (Wildman–Crippen LogP) is 3.67. The Labute approximate surface area is 118 Å². The van der Waals surface area contributed by atoms with E-state index in [-0.39, 0.29) is 11.9 Å². The second-order valence-corrected chi connectivity index (χ2v) is 5.31. The number of aliphatic imine (C=N–C) groups is 1. The lowest BCUT2D eigenvalue weighted by Crippen LogP contribution is -2.39. The largest absolute Gasteiger partial charge is 0.481 e. The van der Waals surface area contributed by atoms with E-state index >= 15 is 0 Å². The average molecular weight is 277 g/mol. The number of hydrogen-bond acceptors (Lipinski definition) is 2. The van der Waals surface area contributed by atoms with E-state index in [1.54, 1.807) is 6.07 Å². The van der Waals surface area contributed by atoms with Crippen LogP contribution in [0.2, 0.25) is 0 Å². The zero-order valence-corrected chi connectivity index (χ0v) is 11.9. The average Bonchev–Trinajstić information content (AvgIpc) is 2.91. The number of carboxylic acids is 1. The van der Waals surface area contributed by atoms with Gasteiger partial charge in [0.2, 0.25) is 0 Å². The highest BCUT2D eigenvalue weighted by Gasteiger charge is 2.44. The van der Waals surface area contributed by atoms with Crippen molar-refractivity contribution in [3.8, 4) is 0 Å². The molecule has 0 saturated heterocycles. The summed E-state index contributed by atoms with van der Waals surface area (Å²) in [6.45, 7) is 3.79. The second kappa shape index (κ2) is 5.73. The van der Waals surface area contributed by atoms with Gasteiger partial charge >= 0.3 is 5.97 Å². The Morgan fingerprint density at radius 2 is 2.15 bits per heavy atom. The Balaban J connectivity index is 2.32. The van der Waals surface area contributed by atoms with E-state index in [1.165, 1.54) is 12.1 Å². The monoisotopic (exact) mass is 277 g/mol. The van der Waals surface area contributed by atoms with Crippen molar-refractivity contribution in [2.45, 2.75) is 45.6 Å². The van der Waals surface area contributed by atoms with Crippen molar-refractivity contribution in [2.24, 2.45) is 10.4 Å². The first-order valence-corrected chi connectivity index (χ1v) is 7.09. The van der Waals surface area contributed by atoms with Crippen LogP contribution in [0.4, 0.5) is 4.39 Å². The van der Waals surface area contributed by atoms with Gasteiger partial charge in [0.15, 0.2) is 0 Å². The van der Waals surface area contributed by atoms with Crippen LogP contribution in [0.5, 0.6) is 0 Å². The highest BCUT2D eigenvalue weighted by molar-refractivity contribution is 6.02. The Morgan fingerprint density at radius 1 is 1.45 bits per heavy atom. The summed E-state index contributed by atoms with van der Waals surface area (Å²) in [5.74, 6) is -1.07. The molecule has 1 atom stereocenters. The summed E-state index contributed by atoms with van der Waals surface area (Å²) < 4.78 is 13.3. The first kappa shape index (κ1) is 14.7. The number of carboxylic acid groups (broad SMARTS) is 1. The van der Waals surface area contributed by atoms with Gasteiger partial charge in [0.1, 0.15) is 5.82 Å². The first-order valence-electron chi connectivity index (χ1n) is 7.09. The van der Waals surface area contributed by atoms with Crippen LogP contribution in [0.3, 0.4) is 0 Å². The molecule has 0 radical (unpaired) electrons. The van der Waals surface area contributed by atoms with Crippen LogP contribution in [-0.4, -0.2) is 22.8 Å². The summed E-state index contributed by atoms with van der Waals surface area (Å²) >= 11 is 0. The van der Waals surface area contributed by atoms with Crippen LogP contribution in [0.15, 0.2) is 29.3 Å². The van der Waals surface area contributed by atoms with E-state index in [2.05, 4.69) is 4.99 Å². The normalized spacial score (nSPS) is 18.9. The van der Waals surface area contributed by atoms with Gasteiger partial charge in [-0.3, -0.25) is 9.79 Å². The zero-order valence-electron chi connectivity index (χ0n) is 11.9. The fourth-order valence-electron chi connectivity index (χ4n) is 3.04. The van der Waals surface area contributed by atoms with Crippen LogP contribution < -0.4 is 0 Å². The minimum absolute atomic E-state index is 0.215. The number of rotatable bonds is 5. The topological polar surface area (TPSA) is 49.7 Å². The van der Waals surface area contributed by atoms with Gasteiger partial charge in [-0.05, 0) is 43.4 Å². The van der Waals surface area contributed by atoms with Gasteiger partial charge in [-0.15, -0.1) is 0 Å². The molecule has 0 spiro atoms. The number of aliphatic carboxylic acids is 1. The Morgan fingerprint density at radius 3 is 2.70 bits per heavy atom. The minimum Gasteiger partial charge on any atom is -0.481 e. The van der Waals surface area contributed by atoms with Crippen LogP contribution >= 0.6 is 0 Å². The van der Waals surface area contributed by atoms with Gasteiger partial charge in [-0.2, -0.15) is 0 Å². The summed E-state index contributed by atoms with van der Waals surface area (Å²) in [6, 6.07) is 6.13. The number of hydrogen-bond donors (Lipinski definition) is 1. The third-order valence-corrected chi connectivity index (χ3v) is 4.45. The molecule has 1 aliphatic rings. The van der Waals surface area contributed by atoms with E-state index in [0.29, 0.717) is 19.3 Å². The standard InChI is InChI=1S/C16H20FNO2/c1-3-16(4-2,15(19)20)14-9-8-13(18-14)11-6-5-7-12(17)10-11/h5-7,10,14H,3-4,8-9H2,1-2H3,(H,19,20)/t14-/m1/s1. The quantitative estimate of drug-likeness (QED) is 0.892. The van der Waals surface area contributed by atoms with Crippen LogP contribution in [0.1, 0.15) is 45.1 Å². The molecule has 4 heteroatoms. The maximum atomic E-state index is 13.3. The highest BCUT2D eigenvalue weighted by atomic mass is 19.1. The third kappa shape index (κ3) is 2.47. The van der Waals surface area contributed by atoms with Gasteiger partial charge in [0.05, 0.1) is 11.5 Å². The molecule has 1 heterocycles. The smallest absolute Gasteiger partial charge is 0.311 e. The summed E-state index contributed by atoms with van der Waals surface area (Å²) in [7, 11) is 0. The van der Waals surface area contributed by atoms with E-state index in [9.17, 15) is 14.3 Å². The van der Waals surface area contributed by atoms with E-state index < -0.39 is 11.4 Å².